The molecule has 0 aliphatic rings. The summed E-state index contributed by atoms with van der Waals surface area (Å²) in [6, 6.07) is 4.50. The molecule has 0 radical (unpaired) electrons. The van der Waals surface area contributed by atoms with E-state index in [9.17, 15) is 13.2 Å². The minimum atomic E-state index is -4.37. The van der Waals surface area contributed by atoms with Crippen LogP contribution in [0.1, 0.15) is 25.8 Å². The Balaban J connectivity index is 2.63. The summed E-state index contributed by atoms with van der Waals surface area (Å²) in [6.45, 7) is 4.47. The number of aromatic nitrogens is 1. The lowest BCUT2D eigenvalue weighted by Crippen LogP contribution is -2.43. The number of hydrogen-bond acceptors (Lipinski definition) is 4. The number of hydrogen-bond donors (Lipinski definition) is 1. The lowest BCUT2D eigenvalue weighted by atomic mass is 10.1. The maximum absolute atomic E-state index is 12.4. The van der Waals surface area contributed by atoms with Crippen molar-refractivity contribution in [2.24, 2.45) is 0 Å². The average molecular weight is 303 g/mol. The van der Waals surface area contributed by atoms with Gasteiger partial charge in [0.1, 0.15) is 5.54 Å². The molecule has 0 saturated heterocycles. The van der Waals surface area contributed by atoms with E-state index in [0.717, 1.165) is 18.7 Å². The summed E-state index contributed by atoms with van der Waals surface area (Å²) in [4.78, 5) is 3.77. The second-order valence-corrected chi connectivity index (χ2v) is 5.54. The van der Waals surface area contributed by atoms with Gasteiger partial charge in [-0.15, -0.1) is 11.8 Å². The first-order valence-corrected chi connectivity index (χ1v) is 7.11. The lowest BCUT2D eigenvalue weighted by Gasteiger charge is -2.22. The smallest absolute Gasteiger partial charge is 0.299 e. The first kappa shape index (κ1) is 16.8. The van der Waals surface area contributed by atoms with E-state index in [2.05, 4.69) is 16.4 Å². The molecule has 7 heteroatoms. The standard InChI is InChI=1S/C13H16F3N3S/c1-3-6-19-12(2,8-17)9-20-11-5-4-10(7-18-11)13(14,15)16/h4-5,7,19H,3,6,9H2,1-2H3. The monoisotopic (exact) mass is 303 g/mol. The lowest BCUT2D eigenvalue weighted by molar-refractivity contribution is -0.137. The maximum Gasteiger partial charge on any atom is 0.417 e. The van der Waals surface area contributed by atoms with Crippen molar-refractivity contribution < 1.29 is 13.2 Å². The van der Waals surface area contributed by atoms with Gasteiger partial charge in [0.05, 0.1) is 16.7 Å². The quantitative estimate of drug-likeness (QED) is 0.817. The molecule has 1 aromatic rings. The molecule has 0 aliphatic carbocycles. The van der Waals surface area contributed by atoms with Crippen molar-refractivity contribution in [3.63, 3.8) is 0 Å². The molecule has 0 fully saturated rings. The van der Waals surface area contributed by atoms with Crippen molar-refractivity contribution in [2.45, 2.75) is 37.0 Å². The minimum Gasteiger partial charge on any atom is -0.299 e. The summed E-state index contributed by atoms with van der Waals surface area (Å²) in [6.07, 6.45) is -2.66. The Morgan fingerprint density at radius 3 is 2.55 bits per heavy atom. The Hall–Kier alpha value is -1.26. The van der Waals surface area contributed by atoms with Gasteiger partial charge in [0.2, 0.25) is 0 Å². The molecule has 0 amide bonds. The summed E-state index contributed by atoms with van der Waals surface area (Å²) in [5.41, 5.74) is -1.49. The first-order chi connectivity index (χ1) is 9.30. The molecule has 1 N–H and O–H groups in total. The van der Waals surface area contributed by atoms with Crippen LogP contribution in [0.3, 0.4) is 0 Å². The van der Waals surface area contributed by atoms with Crippen LogP contribution < -0.4 is 5.32 Å². The third kappa shape index (κ3) is 5.02. The zero-order chi connectivity index (χ0) is 15.2. The van der Waals surface area contributed by atoms with Gasteiger partial charge in [0.25, 0.3) is 0 Å². The molecule has 0 bridgehead atoms. The number of alkyl halides is 3. The summed E-state index contributed by atoms with van der Waals surface area (Å²) >= 11 is 1.26. The minimum absolute atomic E-state index is 0.419. The molecule has 0 saturated carbocycles. The Labute approximate surface area is 120 Å². The van der Waals surface area contributed by atoms with E-state index in [0.29, 0.717) is 17.3 Å². The fourth-order valence-corrected chi connectivity index (χ4v) is 2.27. The van der Waals surface area contributed by atoms with Crippen molar-refractivity contribution in [3.05, 3.63) is 23.9 Å². The molecule has 0 aromatic carbocycles. The van der Waals surface area contributed by atoms with Crippen LogP contribution in [0, 0.1) is 11.3 Å². The van der Waals surface area contributed by atoms with Gasteiger partial charge in [0.15, 0.2) is 0 Å². The van der Waals surface area contributed by atoms with Gasteiger partial charge in [-0.2, -0.15) is 18.4 Å². The number of thioether (sulfide) groups is 1. The van der Waals surface area contributed by atoms with Gasteiger partial charge in [-0.05, 0) is 32.0 Å². The molecule has 1 heterocycles. The van der Waals surface area contributed by atoms with E-state index in [1.54, 1.807) is 6.92 Å². The van der Waals surface area contributed by atoms with Crippen molar-refractivity contribution in [1.29, 1.82) is 5.26 Å². The van der Waals surface area contributed by atoms with E-state index in [4.69, 9.17) is 5.26 Å². The summed E-state index contributed by atoms with van der Waals surface area (Å²) in [5, 5.41) is 12.7. The van der Waals surface area contributed by atoms with Gasteiger partial charge in [0, 0.05) is 11.9 Å². The van der Waals surface area contributed by atoms with Crippen LogP contribution in [0.5, 0.6) is 0 Å². The highest BCUT2D eigenvalue weighted by atomic mass is 32.2. The molecule has 110 valence electrons. The second kappa shape index (κ2) is 6.95. The van der Waals surface area contributed by atoms with Crippen molar-refractivity contribution in [2.75, 3.05) is 12.3 Å². The van der Waals surface area contributed by atoms with E-state index >= 15 is 0 Å². The number of nitrogens with zero attached hydrogens (tertiary/aromatic N) is 2. The fourth-order valence-electron chi connectivity index (χ4n) is 1.38. The fraction of sp³-hybridized carbons (Fsp3) is 0.538. The second-order valence-electron chi connectivity index (χ2n) is 4.54. The first-order valence-electron chi connectivity index (χ1n) is 6.13. The number of nitrogens with one attached hydrogen (secondary N) is 1. The number of pyridine rings is 1. The number of nitriles is 1. The Bertz CT molecular complexity index is 467. The molecule has 1 unspecified atom stereocenters. The average Bonchev–Trinajstić information content (AvgIpc) is 2.42. The molecule has 1 atom stereocenters. The Morgan fingerprint density at radius 2 is 2.10 bits per heavy atom. The van der Waals surface area contributed by atoms with Crippen molar-refractivity contribution in [1.82, 2.24) is 10.3 Å². The SMILES string of the molecule is CCCNC(C)(C#N)CSc1ccc(C(F)(F)F)cn1. The molecular weight excluding hydrogens is 287 g/mol. The van der Waals surface area contributed by atoms with Crippen LogP contribution in [0.15, 0.2) is 23.4 Å². The summed E-state index contributed by atoms with van der Waals surface area (Å²) in [7, 11) is 0. The predicted octanol–water partition coefficient (Wildman–Crippen LogP) is 3.47. The summed E-state index contributed by atoms with van der Waals surface area (Å²) < 4.78 is 37.2. The third-order valence-corrected chi connectivity index (χ3v) is 3.84. The Kier molecular flexibility index (Phi) is 5.84. The zero-order valence-electron chi connectivity index (χ0n) is 11.3. The van der Waals surface area contributed by atoms with Crippen LogP contribution in [0.25, 0.3) is 0 Å². The Morgan fingerprint density at radius 1 is 1.40 bits per heavy atom. The molecule has 1 rings (SSSR count). The molecule has 0 spiro atoms. The highest BCUT2D eigenvalue weighted by Crippen LogP contribution is 2.30. The molecule has 1 aromatic heterocycles. The normalized spacial score (nSPS) is 14.6. The van der Waals surface area contributed by atoms with E-state index < -0.39 is 17.3 Å². The van der Waals surface area contributed by atoms with E-state index in [1.807, 2.05) is 6.92 Å². The zero-order valence-corrected chi connectivity index (χ0v) is 12.1. The van der Waals surface area contributed by atoms with Crippen LogP contribution >= 0.6 is 11.8 Å². The highest BCUT2D eigenvalue weighted by molar-refractivity contribution is 7.99. The predicted molar refractivity (Wildman–Crippen MR) is 72.3 cm³/mol. The van der Waals surface area contributed by atoms with Gasteiger partial charge in [-0.1, -0.05) is 6.92 Å². The van der Waals surface area contributed by atoms with Crippen LogP contribution in [-0.4, -0.2) is 22.8 Å². The van der Waals surface area contributed by atoms with Gasteiger partial charge in [-0.25, -0.2) is 4.98 Å². The van der Waals surface area contributed by atoms with Crippen molar-refractivity contribution in [3.8, 4) is 6.07 Å². The van der Waals surface area contributed by atoms with E-state index in [1.165, 1.54) is 17.8 Å². The highest BCUT2D eigenvalue weighted by Gasteiger charge is 2.30. The molecule has 20 heavy (non-hydrogen) atoms. The number of rotatable bonds is 6. The maximum atomic E-state index is 12.4. The van der Waals surface area contributed by atoms with Crippen LogP contribution in [0.4, 0.5) is 13.2 Å². The van der Waals surface area contributed by atoms with Crippen LogP contribution in [0.2, 0.25) is 0 Å². The molecule has 3 nitrogen and oxygen atoms in total. The van der Waals surface area contributed by atoms with E-state index in [-0.39, 0.29) is 0 Å². The topological polar surface area (TPSA) is 48.7 Å². The largest absolute Gasteiger partial charge is 0.417 e. The van der Waals surface area contributed by atoms with Gasteiger partial charge in [-0.3, -0.25) is 5.32 Å². The number of halogens is 3. The molecule has 0 aliphatic heterocycles. The van der Waals surface area contributed by atoms with Gasteiger partial charge >= 0.3 is 6.18 Å². The van der Waals surface area contributed by atoms with Gasteiger partial charge < -0.3 is 0 Å². The van der Waals surface area contributed by atoms with Crippen molar-refractivity contribution >= 4 is 11.8 Å². The molecular formula is C13H16F3N3S. The third-order valence-electron chi connectivity index (χ3n) is 2.58. The summed E-state index contributed by atoms with van der Waals surface area (Å²) in [5.74, 6) is 0.419. The van der Waals surface area contributed by atoms with Crippen LogP contribution in [-0.2, 0) is 6.18 Å².